The minimum Gasteiger partial charge on any atom is -0.308 e. The number of nitrogens with zero attached hydrogens (tertiary/aromatic N) is 2. The normalized spacial score (nSPS) is 10.8. The molecule has 3 aromatic carbocycles. The highest BCUT2D eigenvalue weighted by molar-refractivity contribution is 6.08. The fraction of sp³-hybridized carbons (Fsp3) is 0.444. The summed E-state index contributed by atoms with van der Waals surface area (Å²) in [4.78, 5) is 30.9. The minimum absolute atomic E-state index is 0.00206. The van der Waals surface area contributed by atoms with Crippen molar-refractivity contribution in [3.8, 4) is 0 Å². The molecule has 0 spiro atoms. The van der Waals surface area contributed by atoms with Gasteiger partial charge in [0.15, 0.2) is 0 Å². The van der Waals surface area contributed by atoms with Crippen molar-refractivity contribution in [1.82, 2.24) is 0 Å². The van der Waals surface area contributed by atoms with Crippen LogP contribution in [-0.4, -0.2) is 24.9 Å². The molecule has 0 heterocycles. The lowest BCUT2D eigenvalue weighted by Gasteiger charge is -2.25. The highest BCUT2D eigenvalue weighted by atomic mass is 16.2. The van der Waals surface area contributed by atoms with Crippen LogP contribution in [-0.2, 0) is 0 Å². The number of carbonyl (C=O) groups excluding carboxylic acids is 2. The molecule has 214 valence electrons. The first-order valence-corrected chi connectivity index (χ1v) is 15.5. The van der Waals surface area contributed by atoms with Crippen molar-refractivity contribution in [2.75, 3.05) is 22.9 Å². The van der Waals surface area contributed by atoms with E-state index in [0.29, 0.717) is 24.2 Å². The average Bonchev–Trinajstić information content (AvgIpc) is 3.01. The molecule has 3 rings (SSSR count). The Bertz CT molecular complexity index is 1110. The number of hydrogen-bond acceptors (Lipinski definition) is 2. The highest BCUT2D eigenvalue weighted by Gasteiger charge is 2.20. The molecule has 0 N–H and O–H groups in total. The van der Waals surface area contributed by atoms with E-state index in [-0.39, 0.29) is 11.8 Å². The monoisotopic (exact) mass is 540 g/mol. The summed E-state index contributed by atoms with van der Waals surface area (Å²) >= 11 is 0. The molecule has 2 amide bonds. The Morgan fingerprint density at radius 2 is 0.825 bits per heavy atom. The van der Waals surface area contributed by atoms with Gasteiger partial charge in [-0.2, -0.15) is 0 Å². The summed E-state index contributed by atoms with van der Waals surface area (Å²) in [6.07, 6.45) is 14.1. The average molecular weight is 541 g/mol. The van der Waals surface area contributed by atoms with Gasteiger partial charge in [-0.25, -0.2) is 0 Å². The van der Waals surface area contributed by atoms with Gasteiger partial charge >= 0.3 is 0 Å². The maximum absolute atomic E-state index is 13.7. The van der Waals surface area contributed by atoms with Crippen molar-refractivity contribution in [2.45, 2.75) is 90.9 Å². The summed E-state index contributed by atoms with van der Waals surface area (Å²) in [5.74, 6) is 0.00499. The molecular weight excluding hydrogens is 492 g/mol. The van der Waals surface area contributed by atoms with E-state index in [0.717, 1.165) is 37.1 Å². The van der Waals surface area contributed by atoms with Crippen molar-refractivity contribution in [1.29, 1.82) is 0 Å². The van der Waals surface area contributed by atoms with E-state index < -0.39 is 0 Å². The predicted octanol–water partition coefficient (Wildman–Crippen LogP) is 9.70. The first-order valence-electron chi connectivity index (χ1n) is 15.5. The van der Waals surface area contributed by atoms with Crippen LogP contribution in [0, 0.1) is 0 Å². The van der Waals surface area contributed by atoms with Crippen LogP contribution >= 0.6 is 0 Å². The van der Waals surface area contributed by atoms with Crippen LogP contribution in [0.2, 0.25) is 0 Å². The Hall–Kier alpha value is -3.40. The van der Waals surface area contributed by atoms with Gasteiger partial charge < -0.3 is 9.80 Å². The van der Waals surface area contributed by atoms with Crippen LogP contribution in [0.15, 0.2) is 84.9 Å². The van der Waals surface area contributed by atoms with Gasteiger partial charge in [-0.1, -0.05) is 114 Å². The lowest BCUT2D eigenvalue weighted by atomic mass is 10.1. The van der Waals surface area contributed by atoms with Crippen LogP contribution in [0.5, 0.6) is 0 Å². The zero-order valence-corrected chi connectivity index (χ0v) is 24.7. The molecular formula is C36H48N2O2. The van der Waals surface area contributed by atoms with E-state index in [2.05, 4.69) is 13.8 Å². The minimum atomic E-state index is 0.00206. The largest absolute Gasteiger partial charge is 0.308 e. The molecule has 0 fully saturated rings. The fourth-order valence-electron chi connectivity index (χ4n) is 5.08. The van der Waals surface area contributed by atoms with Crippen LogP contribution in [0.4, 0.5) is 11.4 Å². The van der Waals surface area contributed by atoms with Gasteiger partial charge in [0.2, 0.25) is 0 Å². The molecule has 0 aromatic heterocycles. The van der Waals surface area contributed by atoms with E-state index in [1.165, 1.54) is 51.4 Å². The number of rotatable bonds is 18. The van der Waals surface area contributed by atoms with Gasteiger partial charge in [0, 0.05) is 35.6 Å². The third-order valence-electron chi connectivity index (χ3n) is 7.48. The van der Waals surface area contributed by atoms with Gasteiger partial charge in [-0.3, -0.25) is 9.59 Å². The first kappa shape index (κ1) is 31.1. The number of carbonyl (C=O) groups is 2. The lowest BCUT2D eigenvalue weighted by Crippen LogP contribution is -2.33. The molecule has 4 heteroatoms. The van der Waals surface area contributed by atoms with Gasteiger partial charge in [0.25, 0.3) is 11.8 Å². The Morgan fingerprint density at radius 1 is 0.450 bits per heavy atom. The number of anilines is 2. The summed E-state index contributed by atoms with van der Waals surface area (Å²) in [7, 11) is 0. The van der Waals surface area contributed by atoms with Crippen molar-refractivity contribution >= 4 is 23.2 Å². The molecule has 0 aliphatic carbocycles. The number of para-hydroxylation sites is 1. The molecule has 0 atom stereocenters. The third-order valence-corrected chi connectivity index (χ3v) is 7.48. The maximum Gasteiger partial charge on any atom is 0.258 e. The Labute approximate surface area is 242 Å². The van der Waals surface area contributed by atoms with E-state index in [1.54, 1.807) is 0 Å². The molecule has 0 aliphatic rings. The van der Waals surface area contributed by atoms with Crippen LogP contribution in [0.3, 0.4) is 0 Å². The summed E-state index contributed by atoms with van der Waals surface area (Å²) in [5, 5.41) is 0. The lowest BCUT2D eigenvalue weighted by molar-refractivity contribution is 0.0980. The van der Waals surface area contributed by atoms with Crippen molar-refractivity contribution in [3.63, 3.8) is 0 Å². The Kier molecular flexibility index (Phi) is 14.0. The molecule has 0 saturated heterocycles. The van der Waals surface area contributed by atoms with E-state index >= 15 is 0 Å². The van der Waals surface area contributed by atoms with E-state index in [9.17, 15) is 9.59 Å². The zero-order valence-electron chi connectivity index (χ0n) is 24.7. The molecule has 0 aliphatic heterocycles. The third kappa shape index (κ3) is 9.97. The second-order valence-corrected chi connectivity index (χ2v) is 10.7. The smallest absolute Gasteiger partial charge is 0.258 e. The Balaban J connectivity index is 1.73. The molecule has 4 nitrogen and oxygen atoms in total. The van der Waals surface area contributed by atoms with E-state index in [1.807, 2.05) is 94.7 Å². The predicted molar refractivity (Wildman–Crippen MR) is 169 cm³/mol. The summed E-state index contributed by atoms with van der Waals surface area (Å²) in [6, 6.07) is 27.0. The summed E-state index contributed by atoms with van der Waals surface area (Å²) in [6.45, 7) is 5.82. The van der Waals surface area contributed by atoms with Crippen molar-refractivity contribution in [2.24, 2.45) is 0 Å². The van der Waals surface area contributed by atoms with Crippen LogP contribution in [0.25, 0.3) is 0 Å². The van der Waals surface area contributed by atoms with Crippen LogP contribution < -0.4 is 9.80 Å². The number of amides is 2. The standard InChI is InChI=1S/C36H48N2O2/c1-3-5-7-9-11-19-29-37(33-23-17-14-18-24-33)36(40)32-25-27-34(28-26-32)38(30-20-12-10-8-6-4-2)35(39)31-21-15-13-16-22-31/h13-18,21-28H,3-12,19-20,29-30H2,1-2H3. The number of benzene rings is 3. The molecule has 0 radical (unpaired) electrons. The fourth-order valence-corrected chi connectivity index (χ4v) is 5.08. The highest BCUT2D eigenvalue weighted by Crippen LogP contribution is 2.23. The van der Waals surface area contributed by atoms with Gasteiger partial charge in [-0.15, -0.1) is 0 Å². The van der Waals surface area contributed by atoms with Gasteiger partial charge in [0.05, 0.1) is 0 Å². The molecule has 0 unspecified atom stereocenters. The van der Waals surface area contributed by atoms with Crippen LogP contribution in [0.1, 0.15) is 112 Å². The second kappa shape index (κ2) is 18.0. The zero-order chi connectivity index (χ0) is 28.4. The van der Waals surface area contributed by atoms with E-state index in [4.69, 9.17) is 0 Å². The van der Waals surface area contributed by atoms with Crippen molar-refractivity contribution < 1.29 is 9.59 Å². The molecule has 40 heavy (non-hydrogen) atoms. The van der Waals surface area contributed by atoms with Crippen molar-refractivity contribution in [3.05, 3.63) is 96.1 Å². The van der Waals surface area contributed by atoms with Gasteiger partial charge in [-0.05, 0) is 61.4 Å². The van der Waals surface area contributed by atoms with Gasteiger partial charge in [0.1, 0.15) is 0 Å². The summed E-state index contributed by atoms with van der Waals surface area (Å²) in [5.41, 5.74) is 3.09. The topological polar surface area (TPSA) is 40.6 Å². The second-order valence-electron chi connectivity index (χ2n) is 10.7. The number of unbranched alkanes of at least 4 members (excludes halogenated alkanes) is 10. The SMILES string of the molecule is CCCCCCCCN(C(=O)c1ccc(N(CCCCCCCC)C(=O)c2ccccc2)cc1)c1ccccc1. The maximum atomic E-state index is 13.7. The molecule has 0 saturated carbocycles. The quantitative estimate of drug-likeness (QED) is 0.151. The number of hydrogen-bond donors (Lipinski definition) is 0. The first-order chi connectivity index (χ1) is 19.7. The molecule has 0 bridgehead atoms. The summed E-state index contributed by atoms with van der Waals surface area (Å²) < 4.78 is 0. The molecule has 3 aromatic rings. The Morgan fingerprint density at radius 3 is 1.30 bits per heavy atom.